The molecule has 15 heavy (non-hydrogen) atoms. The summed E-state index contributed by atoms with van der Waals surface area (Å²) in [5.74, 6) is 1.28. The molecule has 0 aliphatic carbocycles. The molecule has 0 bridgehead atoms. The van der Waals surface area contributed by atoms with Crippen LogP contribution in [0.25, 0.3) is 0 Å². The van der Waals surface area contributed by atoms with E-state index in [1.807, 2.05) is 12.3 Å². The summed E-state index contributed by atoms with van der Waals surface area (Å²) in [6.07, 6.45) is 8.27. The molecule has 0 radical (unpaired) electrons. The number of pyridine rings is 1. The van der Waals surface area contributed by atoms with Crippen LogP contribution in [0.5, 0.6) is 0 Å². The molecule has 2 nitrogen and oxygen atoms in total. The Morgan fingerprint density at radius 1 is 1.20 bits per heavy atom. The zero-order valence-corrected chi connectivity index (χ0v) is 9.87. The standard InChI is InChI=1S/C13H22N2/c1-3-5-7-11(6-4-2)12-8-9-13(14)15-10-12/h8-11H,3-7H2,1-2H3,(H2,14,15). The maximum absolute atomic E-state index is 5.59. The average Bonchev–Trinajstić information content (AvgIpc) is 2.25. The first-order valence-electron chi connectivity index (χ1n) is 5.99. The number of rotatable bonds is 6. The summed E-state index contributed by atoms with van der Waals surface area (Å²) in [7, 11) is 0. The lowest BCUT2D eigenvalue weighted by Crippen LogP contribution is -2.00. The minimum atomic E-state index is 0.615. The molecule has 2 heteroatoms. The van der Waals surface area contributed by atoms with Crippen LogP contribution in [0, 0.1) is 0 Å². The molecule has 1 atom stereocenters. The van der Waals surface area contributed by atoms with E-state index >= 15 is 0 Å². The summed E-state index contributed by atoms with van der Waals surface area (Å²) in [6, 6.07) is 4.03. The molecule has 1 aromatic rings. The average molecular weight is 206 g/mol. The van der Waals surface area contributed by atoms with Gasteiger partial charge in [-0.2, -0.15) is 0 Å². The Labute approximate surface area is 92.9 Å². The van der Waals surface area contributed by atoms with E-state index < -0.39 is 0 Å². The van der Waals surface area contributed by atoms with Gasteiger partial charge in [0, 0.05) is 6.20 Å². The van der Waals surface area contributed by atoms with Gasteiger partial charge in [0.1, 0.15) is 5.82 Å². The predicted molar refractivity (Wildman–Crippen MR) is 65.8 cm³/mol. The lowest BCUT2D eigenvalue weighted by Gasteiger charge is -2.15. The number of hydrogen-bond donors (Lipinski definition) is 1. The van der Waals surface area contributed by atoms with Crippen LogP contribution in [0.4, 0.5) is 5.82 Å². The quantitative estimate of drug-likeness (QED) is 0.770. The Morgan fingerprint density at radius 2 is 2.00 bits per heavy atom. The number of unbranched alkanes of at least 4 members (excludes halogenated alkanes) is 1. The highest BCUT2D eigenvalue weighted by Crippen LogP contribution is 2.26. The van der Waals surface area contributed by atoms with E-state index in [1.165, 1.54) is 37.7 Å². The third kappa shape index (κ3) is 3.90. The van der Waals surface area contributed by atoms with Gasteiger partial charge in [0.05, 0.1) is 0 Å². The van der Waals surface area contributed by atoms with Crippen LogP contribution in [0.3, 0.4) is 0 Å². The lowest BCUT2D eigenvalue weighted by atomic mass is 9.91. The minimum Gasteiger partial charge on any atom is -0.384 e. The molecule has 1 heterocycles. The van der Waals surface area contributed by atoms with Gasteiger partial charge in [0.25, 0.3) is 0 Å². The highest BCUT2D eigenvalue weighted by Gasteiger charge is 2.10. The molecule has 1 rings (SSSR count). The third-order valence-corrected chi connectivity index (χ3v) is 2.82. The summed E-state index contributed by atoms with van der Waals surface area (Å²) >= 11 is 0. The van der Waals surface area contributed by atoms with Crippen LogP contribution in [0.15, 0.2) is 18.3 Å². The Bertz CT molecular complexity index is 266. The molecule has 0 amide bonds. The van der Waals surface area contributed by atoms with Gasteiger partial charge in [-0.15, -0.1) is 0 Å². The van der Waals surface area contributed by atoms with E-state index in [0.717, 1.165) is 0 Å². The molecule has 1 unspecified atom stereocenters. The van der Waals surface area contributed by atoms with Crippen molar-refractivity contribution in [3.05, 3.63) is 23.9 Å². The van der Waals surface area contributed by atoms with Gasteiger partial charge < -0.3 is 5.73 Å². The fourth-order valence-electron chi connectivity index (χ4n) is 1.93. The predicted octanol–water partition coefficient (Wildman–Crippen LogP) is 3.74. The van der Waals surface area contributed by atoms with Crippen LogP contribution in [0.2, 0.25) is 0 Å². The second kappa shape index (κ2) is 6.44. The monoisotopic (exact) mass is 206 g/mol. The molecule has 0 saturated carbocycles. The molecule has 0 spiro atoms. The fraction of sp³-hybridized carbons (Fsp3) is 0.615. The van der Waals surface area contributed by atoms with Crippen molar-refractivity contribution < 1.29 is 0 Å². The lowest BCUT2D eigenvalue weighted by molar-refractivity contribution is 0.540. The molecule has 0 aromatic carbocycles. The molecule has 84 valence electrons. The summed E-state index contributed by atoms with van der Waals surface area (Å²) in [4.78, 5) is 4.17. The molecule has 1 aromatic heterocycles. The number of nitrogen functional groups attached to an aromatic ring is 1. The van der Waals surface area contributed by atoms with Gasteiger partial charge in [-0.05, 0) is 30.4 Å². The second-order valence-corrected chi connectivity index (χ2v) is 4.14. The Hall–Kier alpha value is -1.05. The molecular formula is C13H22N2. The first-order chi connectivity index (χ1) is 7.27. The fourth-order valence-corrected chi connectivity index (χ4v) is 1.93. The van der Waals surface area contributed by atoms with Crippen molar-refractivity contribution in [2.75, 3.05) is 5.73 Å². The second-order valence-electron chi connectivity index (χ2n) is 4.14. The van der Waals surface area contributed by atoms with Crippen molar-refractivity contribution in [3.63, 3.8) is 0 Å². The number of anilines is 1. The Kier molecular flexibility index (Phi) is 5.16. The summed E-state index contributed by atoms with van der Waals surface area (Å²) in [5, 5.41) is 0. The molecule has 0 fully saturated rings. The molecular weight excluding hydrogens is 184 g/mol. The number of hydrogen-bond acceptors (Lipinski definition) is 2. The first kappa shape index (κ1) is 12.0. The van der Waals surface area contributed by atoms with E-state index in [1.54, 1.807) is 0 Å². The highest BCUT2D eigenvalue weighted by molar-refractivity contribution is 5.30. The van der Waals surface area contributed by atoms with E-state index in [-0.39, 0.29) is 0 Å². The summed E-state index contributed by atoms with van der Waals surface area (Å²) in [6.45, 7) is 4.48. The van der Waals surface area contributed by atoms with Gasteiger partial charge in [0.15, 0.2) is 0 Å². The number of nitrogens with zero attached hydrogens (tertiary/aromatic N) is 1. The van der Waals surface area contributed by atoms with Crippen molar-refractivity contribution in [2.24, 2.45) is 0 Å². The van der Waals surface area contributed by atoms with Gasteiger partial charge in [0.2, 0.25) is 0 Å². The van der Waals surface area contributed by atoms with Crippen molar-refractivity contribution in [1.29, 1.82) is 0 Å². The van der Waals surface area contributed by atoms with E-state index in [2.05, 4.69) is 24.9 Å². The van der Waals surface area contributed by atoms with Crippen LogP contribution >= 0.6 is 0 Å². The van der Waals surface area contributed by atoms with Gasteiger partial charge in [-0.25, -0.2) is 4.98 Å². The van der Waals surface area contributed by atoms with Crippen LogP contribution in [-0.4, -0.2) is 4.98 Å². The topological polar surface area (TPSA) is 38.9 Å². The van der Waals surface area contributed by atoms with Gasteiger partial charge in [-0.3, -0.25) is 0 Å². The van der Waals surface area contributed by atoms with Crippen LogP contribution < -0.4 is 5.73 Å². The zero-order valence-electron chi connectivity index (χ0n) is 9.87. The van der Waals surface area contributed by atoms with Crippen molar-refractivity contribution in [2.45, 2.75) is 51.9 Å². The maximum atomic E-state index is 5.59. The zero-order chi connectivity index (χ0) is 11.1. The summed E-state index contributed by atoms with van der Waals surface area (Å²) < 4.78 is 0. The largest absolute Gasteiger partial charge is 0.384 e. The van der Waals surface area contributed by atoms with Crippen LogP contribution in [0.1, 0.15) is 57.4 Å². The van der Waals surface area contributed by atoms with Crippen LogP contribution in [-0.2, 0) is 0 Å². The smallest absolute Gasteiger partial charge is 0.123 e. The molecule has 0 aliphatic rings. The maximum Gasteiger partial charge on any atom is 0.123 e. The van der Waals surface area contributed by atoms with Crippen molar-refractivity contribution in [1.82, 2.24) is 4.98 Å². The molecule has 0 saturated heterocycles. The number of nitrogens with two attached hydrogens (primary N) is 1. The van der Waals surface area contributed by atoms with Crippen molar-refractivity contribution >= 4 is 5.82 Å². The normalized spacial score (nSPS) is 12.7. The Morgan fingerprint density at radius 3 is 2.53 bits per heavy atom. The van der Waals surface area contributed by atoms with Gasteiger partial charge >= 0.3 is 0 Å². The van der Waals surface area contributed by atoms with E-state index in [4.69, 9.17) is 5.73 Å². The van der Waals surface area contributed by atoms with Crippen molar-refractivity contribution in [3.8, 4) is 0 Å². The van der Waals surface area contributed by atoms with Gasteiger partial charge in [-0.1, -0.05) is 39.2 Å². The Balaban J connectivity index is 2.65. The number of aromatic nitrogens is 1. The molecule has 2 N–H and O–H groups in total. The third-order valence-electron chi connectivity index (χ3n) is 2.82. The first-order valence-corrected chi connectivity index (χ1v) is 5.99. The molecule has 0 aliphatic heterocycles. The van der Waals surface area contributed by atoms with E-state index in [9.17, 15) is 0 Å². The van der Waals surface area contributed by atoms with E-state index in [0.29, 0.717) is 11.7 Å². The highest BCUT2D eigenvalue weighted by atomic mass is 14.8. The summed E-state index contributed by atoms with van der Waals surface area (Å²) in [5.41, 5.74) is 6.94. The SMILES string of the molecule is CCCCC(CCC)c1ccc(N)nc1. The minimum absolute atomic E-state index is 0.615.